The number of piperidine rings is 1. The smallest absolute Gasteiger partial charge is 0.254 e. The second-order valence-corrected chi connectivity index (χ2v) is 10.4. The minimum Gasteiger partial charge on any atom is -0.328 e. The zero-order chi connectivity index (χ0) is 21.2. The van der Waals surface area contributed by atoms with Crippen LogP contribution in [-0.2, 0) is 4.79 Å². The summed E-state index contributed by atoms with van der Waals surface area (Å²) >= 11 is 0. The molecule has 1 aromatic carbocycles. The van der Waals surface area contributed by atoms with E-state index < -0.39 is 6.04 Å². The zero-order valence-corrected chi connectivity index (χ0v) is 18.6. The van der Waals surface area contributed by atoms with E-state index in [1.54, 1.807) is 4.90 Å². The summed E-state index contributed by atoms with van der Waals surface area (Å²) in [5.74, 6) is 0.550. The maximum atomic E-state index is 13.4. The van der Waals surface area contributed by atoms with Crippen molar-refractivity contribution < 1.29 is 9.59 Å². The molecule has 1 fully saturated rings. The third-order valence-corrected chi connectivity index (χ3v) is 6.72. The normalized spacial score (nSPS) is 24.6. The Morgan fingerprint density at radius 3 is 2.41 bits per heavy atom. The van der Waals surface area contributed by atoms with Gasteiger partial charge in [-0.3, -0.25) is 9.59 Å². The Morgan fingerprint density at radius 2 is 1.83 bits per heavy atom. The average molecular weight is 397 g/mol. The molecule has 158 valence electrons. The van der Waals surface area contributed by atoms with Gasteiger partial charge in [-0.05, 0) is 61.0 Å². The Morgan fingerprint density at radius 1 is 1.14 bits per heavy atom. The molecule has 0 spiro atoms. The number of likely N-dealkylation sites (tertiary alicyclic amines) is 1. The number of benzene rings is 1. The van der Waals surface area contributed by atoms with Crippen molar-refractivity contribution in [1.29, 1.82) is 0 Å². The summed E-state index contributed by atoms with van der Waals surface area (Å²) < 4.78 is 0. The molecule has 3 rings (SSSR count). The first kappa shape index (κ1) is 21.6. The molecule has 4 heteroatoms. The first-order valence-corrected chi connectivity index (χ1v) is 11.0. The molecule has 0 saturated carbocycles. The molecule has 0 aromatic heterocycles. The van der Waals surface area contributed by atoms with Crippen LogP contribution < -0.4 is 5.32 Å². The van der Waals surface area contributed by atoms with E-state index in [-0.39, 0.29) is 22.6 Å². The molecular weight excluding hydrogens is 360 g/mol. The Hall–Kier alpha value is -2.10. The van der Waals surface area contributed by atoms with Gasteiger partial charge in [-0.15, -0.1) is 0 Å². The lowest BCUT2D eigenvalue weighted by atomic mass is 9.73. The molecule has 2 atom stereocenters. The zero-order valence-electron chi connectivity index (χ0n) is 18.6. The Balaban J connectivity index is 1.77. The third kappa shape index (κ3) is 4.91. The summed E-state index contributed by atoms with van der Waals surface area (Å²) in [6.07, 6.45) is 7.04. The molecule has 1 N–H and O–H groups in total. The molecule has 4 nitrogen and oxygen atoms in total. The summed E-state index contributed by atoms with van der Waals surface area (Å²) in [7, 11) is 0. The summed E-state index contributed by atoms with van der Waals surface area (Å²) in [6.45, 7) is 11.7. The average Bonchev–Trinajstić information content (AvgIpc) is 2.66. The minimum atomic E-state index is -0.454. The van der Waals surface area contributed by atoms with Gasteiger partial charge in [0, 0.05) is 17.8 Å². The van der Waals surface area contributed by atoms with E-state index in [1.165, 1.54) is 0 Å². The molecule has 0 bridgehead atoms. The highest BCUT2D eigenvalue weighted by Gasteiger charge is 2.44. The van der Waals surface area contributed by atoms with Gasteiger partial charge in [0.25, 0.3) is 5.91 Å². The number of hydrogen-bond acceptors (Lipinski definition) is 2. The highest BCUT2D eigenvalue weighted by molar-refractivity contribution is 5.98. The van der Waals surface area contributed by atoms with Crippen molar-refractivity contribution in [2.75, 3.05) is 6.54 Å². The minimum absolute atomic E-state index is 0.0422. The van der Waals surface area contributed by atoms with Crippen LogP contribution in [0.3, 0.4) is 0 Å². The predicted molar refractivity (Wildman–Crippen MR) is 117 cm³/mol. The maximum absolute atomic E-state index is 13.4. The summed E-state index contributed by atoms with van der Waals surface area (Å²) in [5.41, 5.74) is 1.70. The molecule has 1 aromatic rings. The number of hydrogen-bond donors (Lipinski definition) is 1. The van der Waals surface area contributed by atoms with Crippen LogP contribution in [0.1, 0.15) is 77.1 Å². The van der Waals surface area contributed by atoms with Gasteiger partial charge in [0.1, 0.15) is 6.04 Å². The molecule has 1 aliphatic heterocycles. The number of carbonyl (C=O) groups is 2. The predicted octanol–water partition coefficient (Wildman–Crippen LogP) is 5.16. The van der Waals surface area contributed by atoms with Gasteiger partial charge in [0.05, 0.1) is 0 Å². The summed E-state index contributed by atoms with van der Waals surface area (Å²) in [5, 5.41) is 3.18. The second kappa shape index (κ2) is 8.33. The van der Waals surface area contributed by atoms with Crippen molar-refractivity contribution in [2.24, 2.45) is 16.7 Å². The summed E-state index contributed by atoms with van der Waals surface area (Å²) in [4.78, 5) is 28.3. The number of nitrogens with one attached hydrogen (secondary N) is 1. The highest BCUT2D eigenvalue weighted by Crippen LogP contribution is 2.38. The Labute approximate surface area is 175 Å². The molecule has 0 radical (unpaired) electrons. The van der Waals surface area contributed by atoms with Gasteiger partial charge in [0.2, 0.25) is 5.91 Å². The van der Waals surface area contributed by atoms with Crippen LogP contribution in [0, 0.1) is 16.7 Å². The third-order valence-electron chi connectivity index (χ3n) is 6.72. The standard InChI is InChI=1S/C25H36N2O2/c1-24(2,3)19-12-14-20(15-13-19)26-22(28)21-25(4,5)16-9-17-27(21)23(29)18-10-7-6-8-11-18/h6-8,10-11,14,19,21H,9,12-13,15-17H2,1-5H3,(H,26,28). The van der Waals surface area contributed by atoms with E-state index in [2.05, 4.69) is 46.0 Å². The fourth-order valence-electron chi connectivity index (χ4n) is 4.82. The fraction of sp³-hybridized carbons (Fsp3) is 0.600. The first-order chi connectivity index (χ1) is 13.6. The van der Waals surface area contributed by atoms with Crippen LogP contribution in [0.15, 0.2) is 42.1 Å². The monoisotopic (exact) mass is 396 g/mol. The molecular formula is C25H36N2O2. The van der Waals surface area contributed by atoms with E-state index in [0.717, 1.165) is 37.8 Å². The quantitative estimate of drug-likeness (QED) is 0.767. The van der Waals surface area contributed by atoms with E-state index in [0.29, 0.717) is 18.0 Å². The van der Waals surface area contributed by atoms with E-state index in [4.69, 9.17) is 0 Å². The number of amides is 2. The molecule has 29 heavy (non-hydrogen) atoms. The number of nitrogens with zero attached hydrogens (tertiary/aromatic N) is 1. The van der Waals surface area contributed by atoms with Gasteiger partial charge < -0.3 is 10.2 Å². The van der Waals surface area contributed by atoms with E-state index in [1.807, 2.05) is 30.3 Å². The van der Waals surface area contributed by atoms with Gasteiger partial charge in [0.15, 0.2) is 0 Å². The molecule has 2 amide bonds. The van der Waals surface area contributed by atoms with Crippen LogP contribution >= 0.6 is 0 Å². The van der Waals surface area contributed by atoms with E-state index in [9.17, 15) is 9.59 Å². The Bertz CT molecular complexity index is 774. The van der Waals surface area contributed by atoms with Gasteiger partial charge in [-0.2, -0.15) is 0 Å². The van der Waals surface area contributed by atoms with Crippen molar-refractivity contribution in [3.8, 4) is 0 Å². The lowest BCUT2D eigenvalue weighted by Crippen LogP contribution is -2.59. The lowest BCUT2D eigenvalue weighted by molar-refractivity contribution is -0.130. The summed E-state index contributed by atoms with van der Waals surface area (Å²) in [6, 6.07) is 8.85. The number of rotatable bonds is 3. The largest absolute Gasteiger partial charge is 0.328 e. The van der Waals surface area contributed by atoms with Crippen LogP contribution in [0.25, 0.3) is 0 Å². The van der Waals surface area contributed by atoms with Crippen LogP contribution in [-0.4, -0.2) is 29.3 Å². The molecule has 1 heterocycles. The van der Waals surface area contributed by atoms with Crippen LogP contribution in [0.2, 0.25) is 0 Å². The van der Waals surface area contributed by atoms with Crippen LogP contribution in [0.4, 0.5) is 0 Å². The first-order valence-electron chi connectivity index (χ1n) is 11.0. The van der Waals surface area contributed by atoms with Crippen molar-refractivity contribution in [3.05, 3.63) is 47.7 Å². The number of allylic oxidation sites excluding steroid dienone is 2. The molecule has 1 saturated heterocycles. The second-order valence-electron chi connectivity index (χ2n) is 10.4. The van der Waals surface area contributed by atoms with Gasteiger partial charge >= 0.3 is 0 Å². The van der Waals surface area contributed by atoms with Crippen molar-refractivity contribution in [3.63, 3.8) is 0 Å². The lowest BCUT2D eigenvalue weighted by Gasteiger charge is -2.45. The van der Waals surface area contributed by atoms with Crippen LogP contribution in [0.5, 0.6) is 0 Å². The molecule has 2 aliphatic rings. The topological polar surface area (TPSA) is 49.4 Å². The number of carbonyl (C=O) groups excluding carboxylic acids is 2. The van der Waals surface area contributed by atoms with E-state index >= 15 is 0 Å². The van der Waals surface area contributed by atoms with Crippen molar-refractivity contribution in [1.82, 2.24) is 10.2 Å². The van der Waals surface area contributed by atoms with Gasteiger partial charge in [-0.1, -0.05) is 58.9 Å². The fourth-order valence-corrected chi connectivity index (χ4v) is 4.82. The van der Waals surface area contributed by atoms with Gasteiger partial charge in [-0.25, -0.2) is 0 Å². The molecule has 2 unspecified atom stereocenters. The molecule has 1 aliphatic carbocycles. The van der Waals surface area contributed by atoms with Crippen molar-refractivity contribution in [2.45, 2.75) is 72.8 Å². The SMILES string of the molecule is CC(C)(C)C1CC=C(NC(=O)C2N(C(=O)c3ccccc3)CCCC2(C)C)CC1. The van der Waals surface area contributed by atoms with Crippen molar-refractivity contribution >= 4 is 11.8 Å². The Kier molecular flexibility index (Phi) is 6.21. The highest BCUT2D eigenvalue weighted by atomic mass is 16.2. The maximum Gasteiger partial charge on any atom is 0.254 e.